The summed E-state index contributed by atoms with van der Waals surface area (Å²) in [7, 11) is 3.53. The zero-order valence-corrected chi connectivity index (χ0v) is 17.0. The van der Waals surface area contributed by atoms with Crippen molar-refractivity contribution in [3.05, 3.63) is 60.3 Å². The van der Waals surface area contributed by atoms with E-state index in [2.05, 4.69) is 33.4 Å². The quantitative estimate of drug-likeness (QED) is 0.690. The van der Waals surface area contributed by atoms with Gasteiger partial charge in [-0.3, -0.25) is 0 Å². The van der Waals surface area contributed by atoms with E-state index in [4.69, 9.17) is 4.74 Å². The van der Waals surface area contributed by atoms with Crippen LogP contribution in [-0.4, -0.2) is 49.2 Å². The number of amides is 2. The number of nitrogens with zero attached hydrogens (tertiary/aromatic N) is 2. The van der Waals surface area contributed by atoms with E-state index in [1.54, 1.807) is 12.0 Å². The Kier molecular flexibility index (Phi) is 5.60. The fourth-order valence-corrected chi connectivity index (χ4v) is 4.04. The van der Waals surface area contributed by atoms with Crippen LogP contribution in [0.2, 0.25) is 0 Å². The second-order valence-electron chi connectivity index (χ2n) is 7.65. The van der Waals surface area contributed by atoms with Gasteiger partial charge in [-0.2, -0.15) is 0 Å². The second-order valence-corrected chi connectivity index (χ2v) is 7.65. The molecular formula is C23H28N4O2. The molecule has 1 aliphatic heterocycles. The molecule has 1 saturated heterocycles. The molecule has 0 radical (unpaired) electrons. The number of H-pyrrole nitrogens is 1. The molecule has 2 N–H and O–H groups in total. The molecule has 0 bridgehead atoms. The van der Waals surface area contributed by atoms with E-state index >= 15 is 0 Å². The number of carbonyl (C=O) groups excluding carboxylic acids is 1. The van der Waals surface area contributed by atoms with Gasteiger partial charge >= 0.3 is 6.03 Å². The molecule has 2 heterocycles. The predicted octanol–water partition coefficient (Wildman–Crippen LogP) is 3.99. The van der Waals surface area contributed by atoms with Crippen molar-refractivity contribution in [3.63, 3.8) is 0 Å². The predicted molar refractivity (Wildman–Crippen MR) is 117 cm³/mol. The van der Waals surface area contributed by atoms with Gasteiger partial charge in [-0.15, -0.1) is 0 Å². The van der Waals surface area contributed by atoms with E-state index in [0.717, 1.165) is 53.8 Å². The highest BCUT2D eigenvalue weighted by Crippen LogP contribution is 2.24. The molecule has 1 atom stereocenters. The summed E-state index contributed by atoms with van der Waals surface area (Å²) in [4.78, 5) is 20.1. The topological polar surface area (TPSA) is 60.6 Å². The number of hydrogen-bond acceptors (Lipinski definition) is 3. The van der Waals surface area contributed by atoms with Crippen molar-refractivity contribution in [1.29, 1.82) is 0 Å². The average Bonchev–Trinajstić information content (AvgIpc) is 3.24. The van der Waals surface area contributed by atoms with Crippen molar-refractivity contribution in [2.45, 2.75) is 25.4 Å². The Morgan fingerprint density at radius 2 is 2.14 bits per heavy atom. The molecule has 6 heteroatoms. The Balaban J connectivity index is 1.37. The van der Waals surface area contributed by atoms with Crippen molar-refractivity contribution in [1.82, 2.24) is 15.2 Å². The van der Waals surface area contributed by atoms with Crippen LogP contribution in [0.25, 0.3) is 10.9 Å². The Labute approximate surface area is 171 Å². The maximum Gasteiger partial charge on any atom is 0.317 e. The van der Waals surface area contributed by atoms with Gasteiger partial charge in [0, 0.05) is 61.6 Å². The molecule has 4 rings (SSSR count). The lowest BCUT2D eigenvalue weighted by Crippen LogP contribution is -2.50. The fraction of sp³-hybridized carbons (Fsp3) is 0.348. The van der Waals surface area contributed by atoms with Crippen LogP contribution < -0.4 is 15.0 Å². The fourth-order valence-electron chi connectivity index (χ4n) is 4.04. The number of aromatic amines is 1. The van der Waals surface area contributed by atoms with Gasteiger partial charge in [0.2, 0.25) is 0 Å². The summed E-state index contributed by atoms with van der Waals surface area (Å²) in [6, 6.07) is 16.4. The summed E-state index contributed by atoms with van der Waals surface area (Å²) < 4.78 is 5.34. The number of aromatic nitrogens is 1. The number of ether oxygens (including phenoxy) is 1. The van der Waals surface area contributed by atoms with Crippen LogP contribution in [-0.2, 0) is 6.54 Å². The zero-order chi connectivity index (χ0) is 20.2. The van der Waals surface area contributed by atoms with Crippen molar-refractivity contribution in [3.8, 4) is 5.75 Å². The van der Waals surface area contributed by atoms with Crippen LogP contribution in [0, 0.1) is 0 Å². The van der Waals surface area contributed by atoms with Gasteiger partial charge in [0.1, 0.15) is 5.75 Å². The summed E-state index contributed by atoms with van der Waals surface area (Å²) in [6.07, 6.45) is 3.98. The lowest BCUT2D eigenvalue weighted by Gasteiger charge is -2.35. The van der Waals surface area contributed by atoms with Crippen LogP contribution in [0.15, 0.2) is 54.7 Å². The van der Waals surface area contributed by atoms with Gasteiger partial charge in [0.25, 0.3) is 0 Å². The van der Waals surface area contributed by atoms with Crippen molar-refractivity contribution in [2.75, 3.05) is 32.1 Å². The number of urea groups is 1. The Morgan fingerprint density at radius 1 is 1.28 bits per heavy atom. The molecule has 29 heavy (non-hydrogen) atoms. The Hall–Kier alpha value is -3.15. The Morgan fingerprint density at radius 3 is 3.00 bits per heavy atom. The summed E-state index contributed by atoms with van der Waals surface area (Å²) in [5.74, 6) is 0.854. The van der Waals surface area contributed by atoms with Crippen molar-refractivity contribution in [2.24, 2.45) is 0 Å². The Bertz CT molecular complexity index is 984. The van der Waals surface area contributed by atoms with E-state index in [1.807, 2.05) is 43.6 Å². The van der Waals surface area contributed by atoms with Crippen molar-refractivity contribution >= 4 is 22.6 Å². The molecule has 1 aromatic heterocycles. The van der Waals surface area contributed by atoms with E-state index in [0.29, 0.717) is 6.54 Å². The monoisotopic (exact) mass is 392 g/mol. The summed E-state index contributed by atoms with van der Waals surface area (Å²) in [5.41, 5.74) is 3.37. The number of piperidine rings is 1. The highest BCUT2D eigenvalue weighted by molar-refractivity contribution is 5.83. The summed E-state index contributed by atoms with van der Waals surface area (Å²) >= 11 is 0. The number of methoxy groups -OCH3 is 1. The largest absolute Gasteiger partial charge is 0.497 e. The standard InChI is InChI=1S/C23H28N4O2/c1-26(15-17-6-3-10-22-21(17)11-12-24-22)23(28)25-18-7-5-13-27(16-18)19-8-4-9-20(14-19)29-2/h3-4,6,8-12,14,18,24H,5,7,13,15-16H2,1-2H3,(H,25,28). The molecule has 2 amide bonds. The van der Waals surface area contributed by atoms with Gasteiger partial charge < -0.3 is 24.8 Å². The van der Waals surface area contributed by atoms with Crippen molar-refractivity contribution < 1.29 is 9.53 Å². The maximum atomic E-state index is 12.8. The molecule has 1 aliphatic rings. The third kappa shape index (κ3) is 4.31. The number of fused-ring (bicyclic) bond motifs is 1. The highest BCUT2D eigenvalue weighted by Gasteiger charge is 2.23. The highest BCUT2D eigenvalue weighted by atomic mass is 16.5. The van der Waals surface area contributed by atoms with Crippen LogP contribution in [0.3, 0.4) is 0 Å². The van der Waals surface area contributed by atoms with Gasteiger partial charge in [-0.1, -0.05) is 18.2 Å². The first-order chi connectivity index (χ1) is 14.1. The number of nitrogens with one attached hydrogen (secondary N) is 2. The maximum absolute atomic E-state index is 12.8. The lowest BCUT2D eigenvalue weighted by molar-refractivity contribution is 0.201. The van der Waals surface area contributed by atoms with Gasteiger partial charge in [-0.05, 0) is 42.7 Å². The zero-order valence-electron chi connectivity index (χ0n) is 17.0. The van der Waals surface area contributed by atoms with Gasteiger partial charge in [0.05, 0.1) is 7.11 Å². The SMILES string of the molecule is COc1cccc(N2CCCC(NC(=O)N(C)Cc3cccc4[nH]ccc34)C2)c1. The lowest BCUT2D eigenvalue weighted by atomic mass is 10.0. The molecule has 6 nitrogen and oxygen atoms in total. The molecule has 1 fully saturated rings. The minimum Gasteiger partial charge on any atom is -0.497 e. The number of rotatable bonds is 5. The minimum atomic E-state index is -0.0324. The second kappa shape index (κ2) is 8.47. The van der Waals surface area contributed by atoms with Gasteiger partial charge in [0.15, 0.2) is 0 Å². The number of benzene rings is 2. The van der Waals surface area contributed by atoms with Crippen LogP contribution in [0.1, 0.15) is 18.4 Å². The summed E-state index contributed by atoms with van der Waals surface area (Å²) in [6.45, 7) is 2.37. The molecule has 152 valence electrons. The molecule has 1 unspecified atom stereocenters. The third-order valence-corrected chi connectivity index (χ3v) is 5.61. The van der Waals surface area contributed by atoms with Crippen LogP contribution in [0.5, 0.6) is 5.75 Å². The molecule has 3 aromatic rings. The molecule has 0 aliphatic carbocycles. The first-order valence-corrected chi connectivity index (χ1v) is 10.1. The molecule has 2 aromatic carbocycles. The van der Waals surface area contributed by atoms with E-state index in [1.165, 1.54) is 0 Å². The van der Waals surface area contributed by atoms with Crippen LogP contribution >= 0.6 is 0 Å². The van der Waals surface area contributed by atoms with Crippen LogP contribution in [0.4, 0.5) is 10.5 Å². The van der Waals surface area contributed by atoms with E-state index in [-0.39, 0.29) is 12.1 Å². The smallest absolute Gasteiger partial charge is 0.317 e. The molecule has 0 spiro atoms. The minimum absolute atomic E-state index is 0.0324. The van der Waals surface area contributed by atoms with E-state index < -0.39 is 0 Å². The normalized spacial score (nSPS) is 16.6. The third-order valence-electron chi connectivity index (χ3n) is 5.61. The number of hydrogen-bond donors (Lipinski definition) is 2. The number of anilines is 1. The summed E-state index contributed by atoms with van der Waals surface area (Å²) in [5, 5.41) is 4.38. The molecular weight excluding hydrogens is 364 g/mol. The molecule has 0 saturated carbocycles. The number of carbonyl (C=O) groups is 1. The van der Waals surface area contributed by atoms with Gasteiger partial charge in [-0.25, -0.2) is 4.79 Å². The average molecular weight is 393 g/mol. The van der Waals surface area contributed by atoms with E-state index in [9.17, 15) is 4.79 Å². The first-order valence-electron chi connectivity index (χ1n) is 10.1. The first kappa shape index (κ1) is 19.2.